The van der Waals surface area contributed by atoms with E-state index in [1.54, 1.807) is 7.11 Å². The third-order valence-corrected chi connectivity index (χ3v) is 6.49. The van der Waals surface area contributed by atoms with E-state index in [-0.39, 0.29) is 0 Å². The quantitative estimate of drug-likeness (QED) is 0.520. The second-order valence-corrected chi connectivity index (χ2v) is 8.48. The summed E-state index contributed by atoms with van der Waals surface area (Å²) >= 11 is 0. The van der Waals surface area contributed by atoms with Crippen LogP contribution in [0, 0.1) is 5.92 Å². The first kappa shape index (κ1) is 23.2. The summed E-state index contributed by atoms with van der Waals surface area (Å²) in [6.45, 7) is 10.5. The molecule has 0 aromatic rings. The molecule has 0 bridgehead atoms. The van der Waals surface area contributed by atoms with Crippen LogP contribution in [-0.4, -0.2) is 13.2 Å². The SMILES string of the molecule is C=C(NC1=CCC=C1C1=CCC2=CC(C)=C(OC)CC=C2N1)C1CCC(N)CC1.CC. The van der Waals surface area contributed by atoms with Crippen molar-refractivity contribution < 1.29 is 4.74 Å². The summed E-state index contributed by atoms with van der Waals surface area (Å²) in [7, 11) is 1.75. The van der Waals surface area contributed by atoms with Crippen LogP contribution in [0.2, 0.25) is 0 Å². The molecular weight excluding hydrogens is 382 g/mol. The lowest BCUT2D eigenvalue weighted by atomic mass is 9.84. The lowest BCUT2D eigenvalue weighted by Crippen LogP contribution is -2.30. The molecule has 4 N–H and O–H groups in total. The van der Waals surface area contributed by atoms with E-state index in [4.69, 9.17) is 10.5 Å². The van der Waals surface area contributed by atoms with Crippen LogP contribution in [0.4, 0.5) is 0 Å². The fraction of sp³-hybridized carbons (Fsp3) is 0.481. The molecular formula is C27H39N3O. The molecule has 0 amide bonds. The highest BCUT2D eigenvalue weighted by Crippen LogP contribution is 2.34. The predicted molar refractivity (Wildman–Crippen MR) is 131 cm³/mol. The van der Waals surface area contributed by atoms with Crippen molar-refractivity contribution in [3.8, 4) is 0 Å². The second kappa shape index (κ2) is 10.7. The van der Waals surface area contributed by atoms with E-state index in [0.717, 1.165) is 56.4 Å². The molecule has 4 rings (SSSR count). The molecule has 31 heavy (non-hydrogen) atoms. The molecule has 0 saturated heterocycles. The van der Waals surface area contributed by atoms with Crippen molar-refractivity contribution in [2.24, 2.45) is 11.7 Å². The van der Waals surface area contributed by atoms with Gasteiger partial charge in [0.25, 0.3) is 0 Å². The van der Waals surface area contributed by atoms with Gasteiger partial charge in [0, 0.05) is 40.8 Å². The zero-order valence-electron chi connectivity index (χ0n) is 19.7. The van der Waals surface area contributed by atoms with Gasteiger partial charge in [0.1, 0.15) is 5.76 Å². The van der Waals surface area contributed by atoms with Crippen molar-refractivity contribution >= 4 is 0 Å². The van der Waals surface area contributed by atoms with Crippen LogP contribution in [0.15, 0.2) is 82.2 Å². The van der Waals surface area contributed by atoms with E-state index >= 15 is 0 Å². The van der Waals surface area contributed by atoms with Crippen molar-refractivity contribution in [2.45, 2.75) is 71.8 Å². The van der Waals surface area contributed by atoms with Gasteiger partial charge in [-0.15, -0.1) is 0 Å². The van der Waals surface area contributed by atoms with E-state index in [0.29, 0.717) is 12.0 Å². The van der Waals surface area contributed by atoms with E-state index in [2.05, 4.69) is 54.5 Å². The highest BCUT2D eigenvalue weighted by molar-refractivity contribution is 5.55. The Hall–Kier alpha value is -2.46. The normalized spacial score (nSPS) is 25.3. The fourth-order valence-electron chi connectivity index (χ4n) is 4.67. The minimum absolute atomic E-state index is 0.364. The smallest absolute Gasteiger partial charge is 0.102 e. The average molecular weight is 422 g/mol. The van der Waals surface area contributed by atoms with Gasteiger partial charge in [0.05, 0.1) is 7.11 Å². The van der Waals surface area contributed by atoms with Crippen LogP contribution < -0.4 is 16.4 Å². The molecule has 0 unspecified atom stereocenters. The van der Waals surface area contributed by atoms with Crippen LogP contribution >= 0.6 is 0 Å². The number of hydrogen-bond donors (Lipinski definition) is 3. The summed E-state index contributed by atoms with van der Waals surface area (Å²) in [5.41, 5.74) is 14.5. The zero-order valence-corrected chi connectivity index (χ0v) is 19.7. The summed E-state index contributed by atoms with van der Waals surface area (Å²) in [4.78, 5) is 0. The predicted octanol–water partition coefficient (Wildman–Crippen LogP) is 5.86. The summed E-state index contributed by atoms with van der Waals surface area (Å²) in [5, 5.41) is 7.30. The first-order valence-electron chi connectivity index (χ1n) is 11.8. The van der Waals surface area contributed by atoms with Gasteiger partial charge in [-0.25, -0.2) is 0 Å². The van der Waals surface area contributed by atoms with Gasteiger partial charge in [-0.1, -0.05) is 50.8 Å². The maximum atomic E-state index is 6.06. The highest BCUT2D eigenvalue weighted by Gasteiger charge is 2.25. The Morgan fingerprint density at radius 1 is 1.06 bits per heavy atom. The van der Waals surface area contributed by atoms with Crippen LogP contribution in [0.5, 0.6) is 0 Å². The van der Waals surface area contributed by atoms with Gasteiger partial charge in [0.15, 0.2) is 0 Å². The molecule has 1 fully saturated rings. The Morgan fingerprint density at radius 3 is 2.48 bits per heavy atom. The molecule has 0 aromatic carbocycles. The summed E-state index contributed by atoms with van der Waals surface area (Å²) in [5.74, 6) is 1.56. The number of fused-ring (bicyclic) bond motifs is 1. The number of nitrogens with two attached hydrogens (primary N) is 1. The van der Waals surface area contributed by atoms with E-state index < -0.39 is 0 Å². The Kier molecular flexibility index (Phi) is 8.03. The number of rotatable bonds is 5. The zero-order chi connectivity index (χ0) is 22.4. The third kappa shape index (κ3) is 5.43. The largest absolute Gasteiger partial charge is 0.501 e. The number of nitrogens with one attached hydrogen (secondary N) is 2. The molecule has 4 heteroatoms. The molecule has 1 heterocycles. The molecule has 1 aliphatic heterocycles. The summed E-state index contributed by atoms with van der Waals surface area (Å²) in [6, 6.07) is 0.364. The monoisotopic (exact) mass is 421 g/mol. The van der Waals surface area contributed by atoms with Crippen molar-refractivity contribution in [3.63, 3.8) is 0 Å². The molecule has 4 aliphatic rings. The number of hydrogen-bond acceptors (Lipinski definition) is 4. The Bertz CT molecular complexity index is 874. The number of allylic oxidation sites excluding steroid dienone is 8. The first-order chi connectivity index (χ1) is 15.0. The lowest BCUT2D eigenvalue weighted by Gasteiger charge is -2.29. The fourth-order valence-corrected chi connectivity index (χ4v) is 4.67. The standard InChI is InChI=1S/C25H33N3O.C2H6/c1-16-15-19-9-12-24(28-22(19)13-14-25(16)29-3)21-5-4-6-23(21)27-17(2)18-7-10-20(26)11-8-18;1-2/h5-6,12-13,15,18,20,27-28H,2,4,7-11,14,26H2,1,3H3;1-2H3. The van der Waals surface area contributed by atoms with Gasteiger partial charge in [-0.3, -0.25) is 0 Å². The highest BCUT2D eigenvalue weighted by atomic mass is 16.5. The number of ether oxygens (including phenoxy) is 1. The molecule has 0 spiro atoms. The van der Waals surface area contributed by atoms with Gasteiger partial charge in [-0.05, 0) is 62.5 Å². The molecule has 4 nitrogen and oxygen atoms in total. The van der Waals surface area contributed by atoms with Gasteiger partial charge >= 0.3 is 0 Å². The van der Waals surface area contributed by atoms with Crippen LogP contribution in [0.3, 0.4) is 0 Å². The topological polar surface area (TPSA) is 59.3 Å². The lowest BCUT2D eigenvalue weighted by molar-refractivity contribution is 0.281. The van der Waals surface area contributed by atoms with Crippen LogP contribution in [-0.2, 0) is 4.74 Å². The summed E-state index contributed by atoms with van der Waals surface area (Å²) in [6.07, 6.45) is 18.5. The van der Waals surface area contributed by atoms with Crippen molar-refractivity contribution in [2.75, 3.05) is 7.11 Å². The first-order valence-corrected chi connectivity index (χ1v) is 11.8. The van der Waals surface area contributed by atoms with Crippen LogP contribution in [0.1, 0.15) is 65.7 Å². The van der Waals surface area contributed by atoms with Crippen molar-refractivity contribution in [1.82, 2.24) is 10.6 Å². The average Bonchev–Trinajstić information content (AvgIpc) is 3.18. The molecule has 0 radical (unpaired) electrons. The summed E-state index contributed by atoms with van der Waals surface area (Å²) < 4.78 is 5.54. The van der Waals surface area contributed by atoms with E-state index in [1.165, 1.54) is 33.8 Å². The molecule has 168 valence electrons. The Balaban J connectivity index is 0.00000132. The van der Waals surface area contributed by atoms with Gasteiger partial charge < -0.3 is 21.1 Å². The minimum Gasteiger partial charge on any atom is -0.501 e. The van der Waals surface area contributed by atoms with Crippen molar-refractivity contribution in [1.29, 1.82) is 0 Å². The Morgan fingerprint density at radius 2 is 1.77 bits per heavy atom. The Labute approximate surface area is 188 Å². The minimum atomic E-state index is 0.364. The maximum Gasteiger partial charge on any atom is 0.102 e. The van der Waals surface area contributed by atoms with Gasteiger partial charge in [0.2, 0.25) is 0 Å². The maximum absolute atomic E-state index is 6.06. The molecule has 3 aliphatic carbocycles. The second-order valence-electron chi connectivity index (χ2n) is 8.48. The molecule has 0 aromatic heterocycles. The van der Waals surface area contributed by atoms with Crippen LogP contribution in [0.25, 0.3) is 0 Å². The van der Waals surface area contributed by atoms with E-state index in [9.17, 15) is 0 Å². The molecule has 0 atom stereocenters. The third-order valence-electron chi connectivity index (χ3n) is 6.49. The van der Waals surface area contributed by atoms with Crippen molar-refractivity contribution in [3.05, 3.63) is 82.2 Å². The van der Waals surface area contributed by atoms with E-state index in [1.807, 2.05) is 13.8 Å². The number of methoxy groups -OCH3 is 1. The molecule has 1 saturated carbocycles. The van der Waals surface area contributed by atoms with Gasteiger partial charge in [-0.2, -0.15) is 0 Å².